The van der Waals surface area contributed by atoms with Crippen LogP contribution in [0, 0.1) is 11.3 Å². The van der Waals surface area contributed by atoms with Gasteiger partial charge in [-0.25, -0.2) is 0 Å². The Morgan fingerprint density at radius 2 is 2.44 bits per heavy atom. The Balaban J connectivity index is 3.19. The minimum absolute atomic E-state index is 0.0652. The van der Waals surface area contributed by atoms with E-state index in [1.54, 1.807) is 6.07 Å². The van der Waals surface area contributed by atoms with Gasteiger partial charge in [0.15, 0.2) is 0 Å². The van der Waals surface area contributed by atoms with Crippen LogP contribution in [0.5, 0.6) is 0 Å². The second-order valence-electron chi connectivity index (χ2n) is 1.37. The molecule has 0 saturated carbocycles. The summed E-state index contributed by atoms with van der Waals surface area (Å²) in [6.07, 6.45) is 0.281. The smallest absolute Gasteiger partial charge is 0.222 e. The number of alkyl halides is 1. The molecule has 0 aliphatic heterocycles. The summed E-state index contributed by atoms with van der Waals surface area (Å²) < 4.78 is 0. The Morgan fingerprint density at radius 1 is 1.78 bits per heavy atom. The highest BCUT2D eigenvalue weighted by Crippen LogP contribution is 1.82. The summed E-state index contributed by atoms with van der Waals surface area (Å²) in [4.78, 5) is 10.5. The molecule has 0 unspecified atom stereocenters. The molecule has 0 aromatic rings. The van der Waals surface area contributed by atoms with E-state index in [1.165, 1.54) is 0 Å². The lowest BCUT2D eigenvalue weighted by molar-refractivity contribution is -0.120. The van der Waals surface area contributed by atoms with Crippen LogP contribution in [0.25, 0.3) is 0 Å². The van der Waals surface area contributed by atoms with Crippen molar-refractivity contribution >= 4 is 17.5 Å². The molecule has 9 heavy (non-hydrogen) atoms. The Labute approximate surface area is 58.6 Å². The number of nitrogens with one attached hydrogen (secondary N) is 1. The highest BCUT2D eigenvalue weighted by atomic mass is 35.5. The average Bonchev–Trinajstić information content (AvgIpc) is 1.85. The van der Waals surface area contributed by atoms with Gasteiger partial charge in [0, 0.05) is 12.3 Å². The Morgan fingerprint density at radius 3 is 2.89 bits per heavy atom. The number of carbonyl (C=O) groups excluding carboxylic acids is 1. The van der Waals surface area contributed by atoms with Crippen LogP contribution >= 0.6 is 11.6 Å². The summed E-state index contributed by atoms with van der Waals surface area (Å²) in [5, 5.41) is 10.3. The van der Waals surface area contributed by atoms with E-state index in [1.807, 2.05) is 0 Å². The van der Waals surface area contributed by atoms with E-state index in [-0.39, 0.29) is 18.9 Å². The van der Waals surface area contributed by atoms with Crippen LogP contribution in [0.4, 0.5) is 0 Å². The number of halogens is 1. The van der Waals surface area contributed by atoms with Gasteiger partial charge in [0.05, 0.1) is 6.07 Å². The highest BCUT2D eigenvalue weighted by Gasteiger charge is 1.95. The zero-order chi connectivity index (χ0) is 7.11. The van der Waals surface area contributed by atoms with Crippen LogP contribution < -0.4 is 5.32 Å². The molecule has 0 heterocycles. The van der Waals surface area contributed by atoms with Crippen molar-refractivity contribution in [3.8, 4) is 6.07 Å². The molecule has 0 spiro atoms. The maximum absolute atomic E-state index is 10.5. The molecule has 0 saturated heterocycles. The Hall–Kier alpha value is -0.750. The molecule has 0 radical (unpaired) electrons. The molecule has 1 N–H and O–H groups in total. The monoisotopic (exact) mass is 146 g/mol. The molecule has 0 fully saturated rings. The molecule has 3 nitrogen and oxygen atoms in total. The van der Waals surface area contributed by atoms with Crippen molar-refractivity contribution < 1.29 is 4.79 Å². The average molecular weight is 147 g/mol. The molecule has 50 valence electrons. The van der Waals surface area contributed by atoms with Crippen LogP contribution in [-0.4, -0.2) is 18.3 Å². The molecule has 1 amide bonds. The maximum Gasteiger partial charge on any atom is 0.222 e. The third-order valence-corrected chi connectivity index (χ3v) is 0.875. The third kappa shape index (κ3) is 5.12. The summed E-state index contributed by atoms with van der Waals surface area (Å²) in [5.41, 5.74) is 0. The number of amides is 1. The second kappa shape index (κ2) is 5.39. The number of hydrogen-bond donors (Lipinski definition) is 1. The fourth-order valence-electron chi connectivity index (χ4n) is 0.312. The lowest BCUT2D eigenvalue weighted by atomic mass is 10.4. The first kappa shape index (κ1) is 8.25. The minimum atomic E-state index is -0.174. The lowest BCUT2D eigenvalue weighted by Crippen LogP contribution is -2.23. The van der Waals surface area contributed by atoms with Crippen molar-refractivity contribution in [1.82, 2.24) is 5.32 Å². The molecule has 0 aromatic carbocycles. The Kier molecular flexibility index (Phi) is 4.94. The fraction of sp³-hybridized carbons (Fsp3) is 0.600. The summed E-state index contributed by atoms with van der Waals surface area (Å²) in [7, 11) is 0. The van der Waals surface area contributed by atoms with Gasteiger partial charge in [-0.3, -0.25) is 4.79 Å². The van der Waals surface area contributed by atoms with Crippen LogP contribution in [0.1, 0.15) is 6.42 Å². The van der Waals surface area contributed by atoms with Crippen molar-refractivity contribution in [3.05, 3.63) is 0 Å². The zero-order valence-electron chi connectivity index (χ0n) is 4.85. The van der Waals surface area contributed by atoms with Gasteiger partial charge in [0.25, 0.3) is 0 Å². The van der Waals surface area contributed by atoms with Crippen molar-refractivity contribution in [2.45, 2.75) is 6.42 Å². The van der Waals surface area contributed by atoms with Gasteiger partial charge in [-0.2, -0.15) is 5.26 Å². The molecule has 0 aliphatic carbocycles. The van der Waals surface area contributed by atoms with Crippen LogP contribution in [0.15, 0.2) is 0 Å². The van der Waals surface area contributed by atoms with E-state index in [9.17, 15) is 4.79 Å². The second-order valence-corrected chi connectivity index (χ2v) is 1.75. The summed E-state index contributed by atoms with van der Waals surface area (Å²) in [6.45, 7) is 0.0652. The van der Waals surface area contributed by atoms with Crippen molar-refractivity contribution in [2.75, 3.05) is 12.4 Å². The van der Waals surface area contributed by atoms with Crippen molar-refractivity contribution in [1.29, 1.82) is 5.26 Å². The van der Waals surface area contributed by atoms with Gasteiger partial charge >= 0.3 is 0 Å². The zero-order valence-corrected chi connectivity index (χ0v) is 5.61. The van der Waals surface area contributed by atoms with E-state index in [0.717, 1.165) is 0 Å². The third-order valence-electron chi connectivity index (χ3n) is 0.686. The van der Waals surface area contributed by atoms with Crippen LogP contribution in [0.2, 0.25) is 0 Å². The summed E-state index contributed by atoms with van der Waals surface area (Å²) in [6, 6.07) is 1.78. The van der Waals surface area contributed by atoms with E-state index in [0.29, 0.717) is 5.88 Å². The van der Waals surface area contributed by atoms with Crippen molar-refractivity contribution in [3.63, 3.8) is 0 Å². The van der Waals surface area contributed by atoms with Crippen LogP contribution in [0.3, 0.4) is 0 Å². The molecular weight excluding hydrogens is 140 g/mol. The molecule has 0 aromatic heterocycles. The number of carbonyl (C=O) groups is 1. The molecule has 4 heteroatoms. The van der Waals surface area contributed by atoms with Gasteiger partial charge in [-0.1, -0.05) is 0 Å². The van der Waals surface area contributed by atoms with Gasteiger partial charge in [0.1, 0.15) is 6.54 Å². The summed E-state index contributed by atoms with van der Waals surface area (Å²) >= 11 is 5.23. The minimum Gasteiger partial charge on any atom is -0.343 e. The SMILES string of the molecule is N#CCNC(=O)CCCl. The van der Waals surface area contributed by atoms with E-state index < -0.39 is 0 Å². The largest absolute Gasteiger partial charge is 0.343 e. The highest BCUT2D eigenvalue weighted by molar-refractivity contribution is 6.18. The van der Waals surface area contributed by atoms with Crippen molar-refractivity contribution in [2.24, 2.45) is 0 Å². The van der Waals surface area contributed by atoms with Crippen LogP contribution in [-0.2, 0) is 4.79 Å². The summed E-state index contributed by atoms with van der Waals surface area (Å²) in [5.74, 6) is 0.128. The number of nitrogens with zero attached hydrogens (tertiary/aromatic N) is 1. The topological polar surface area (TPSA) is 52.9 Å². The van der Waals surface area contributed by atoms with E-state index in [2.05, 4.69) is 5.32 Å². The molecule has 0 rings (SSSR count). The molecule has 0 aliphatic rings. The quantitative estimate of drug-likeness (QED) is 0.459. The Bertz CT molecular complexity index is 129. The first-order valence-electron chi connectivity index (χ1n) is 2.51. The number of nitriles is 1. The van der Waals surface area contributed by atoms with E-state index in [4.69, 9.17) is 16.9 Å². The normalized spacial score (nSPS) is 8.00. The van der Waals surface area contributed by atoms with Gasteiger partial charge in [0.2, 0.25) is 5.91 Å². The molecule has 0 bridgehead atoms. The van der Waals surface area contributed by atoms with Gasteiger partial charge in [-0.15, -0.1) is 11.6 Å². The fourth-order valence-corrected chi connectivity index (χ4v) is 0.484. The van der Waals surface area contributed by atoms with Gasteiger partial charge in [-0.05, 0) is 0 Å². The predicted molar refractivity (Wildman–Crippen MR) is 34.0 cm³/mol. The van der Waals surface area contributed by atoms with E-state index >= 15 is 0 Å². The number of rotatable bonds is 3. The predicted octanol–water partition coefficient (Wildman–Crippen LogP) is 0.255. The number of hydrogen-bond acceptors (Lipinski definition) is 2. The lowest BCUT2D eigenvalue weighted by Gasteiger charge is -1.94. The maximum atomic E-state index is 10.5. The van der Waals surface area contributed by atoms with Gasteiger partial charge < -0.3 is 5.32 Å². The standard InChI is InChI=1S/C5H7ClN2O/c6-2-1-5(9)8-4-3-7/h1-2,4H2,(H,8,9). The first-order valence-corrected chi connectivity index (χ1v) is 3.04. The molecular formula is C5H7ClN2O. The molecule has 0 atom stereocenters. The first-order chi connectivity index (χ1) is 4.31.